The van der Waals surface area contributed by atoms with E-state index in [1.807, 2.05) is 0 Å². The number of allylic oxidation sites excluding steroid dienone is 2. The van der Waals surface area contributed by atoms with Crippen molar-refractivity contribution in [1.29, 1.82) is 0 Å². The largest absolute Gasteiger partial charge is 0.455 e. The van der Waals surface area contributed by atoms with Crippen LogP contribution in [0, 0.1) is 11.8 Å². The molecule has 0 aromatic carbocycles. The van der Waals surface area contributed by atoms with Crippen LogP contribution in [0.2, 0.25) is 0 Å². The molecular formula is C15H18O3. The molecule has 5 unspecified atom stereocenters. The molecule has 3 nitrogen and oxygen atoms in total. The van der Waals surface area contributed by atoms with Crippen LogP contribution in [0.4, 0.5) is 0 Å². The average molecular weight is 246 g/mol. The maximum absolute atomic E-state index is 11.7. The highest BCUT2D eigenvalue weighted by Crippen LogP contribution is 2.62. The molecule has 3 heterocycles. The molecule has 0 amide bonds. The molecule has 0 aromatic rings. The number of fused-ring (bicyclic) bond motifs is 3. The number of carbonyl (C=O) groups excluding carboxylic acids is 1. The molecule has 18 heavy (non-hydrogen) atoms. The van der Waals surface area contributed by atoms with Gasteiger partial charge in [0.2, 0.25) is 0 Å². The lowest BCUT2D eigenvalue weighted by Gasteiger charge is -2.45. The molecule has 3 fully saturated rings. The van der Waals surface area contributed by atoms with E-state index in [-0.39, 0.29) is 17.7 Å². The van der Waals surface area contributed by atoms with Crippen LogP contribution in [-0.4, -0.2) is 23.3 Å². The fourth-order valence-electron chi connectivity index (χ4n) is 4.60. The van der Waals surface area contributed by atoms with Crippen molar-refractivity contribution in [2.45, 2.75) is 50.4 Å². The van der Waals surface area contributed by atoms with E-state index >= 15 is 0 Å². The summed E-state index contributed by atoms with van der Waals surface area (Å²) in [6, 6.07) is 0. The number of hydrogen-bond donors (Lipinski definition) is 0. The molecule has 4 rings (SSSR count). The van der Waals surface area contributed by atoms with Gasteiger partial charge in [-0.3, -0.25) is 0 Å². The van der Waals surface area contributed by atoms with Gasteiger partial charge in [0.05, 0.1) is 11.2 Å². The van der Waals surface area contributed by atoms with Crippen molar-refractivity contribution >= 4 is 5.97 Å². The van der Waals surface area contributed by atoms with Gasteiger partial charge in [0.15, 0.2) is 0 Å². The van der Waals surface area contributed by atoms with Gasteiger partial charge in [-0.2, -0.15) is 0 Å². The number of carbonyl (C=O) groups is 1. The summed E-state index contributed by atoms with van der Waals surface area (Å²) in [6.07, 6.45) is 5.00. The maximum atomic E-state index is 11.7. The first-order chi connectivity index (χ1) is 8.46. The van der Waals surface area contributed by atoms with Gasteiger partial charge in [0.1, 0.15) is 11.7 Å². The summed E-state index contributed by atoms with van der Waals surface area (Å²) in [4.78, 5) is 11.7. The van der Waals surface area contributed by atoms with Crippen molar-refractivity contribution < 1.29 is 14.3 Å². The molecule has 3 saturated heterocycles. The number of esters is 1. The van der Waals surface area contributed by atoms with Gasteiger partial charge in [0, 0.05) is 6.42 Å². The lowest BCUT2D eigenvalue weighted by molar-refractivity contribution is -0.158. The van der Waals surface area contributed by atoms with Crippen LogP contribution in [0.1, 0.15) is 33.1 Å². The van der Waals surface area contributed by atoms with Gasteiger partial charge >= 0.3 is 5.97 Å². The first kappa shape index (κ1) is 10.8. The van der Waals surface area contributed by atoms with Gasteiger partial charge < -0.3 is 9.47 Å². The SMILES string of the molecule is C=C1C(=O)OC2CC3(C)OC12CC1C(C)=CCC13. The lowest BCUT2D eigenvalue weighted by atomic mass is 9.73. The zero-order chi connectivity index (χ0) is 12.7. The Morgan fingerprint density at radius 1 is 1.44 bits per heavy atom. The Kier molecular flexibility index (Phi) is 1.74. The number of hydrogen-bond acceptors (Lipinski definition) is 3. The molecule has 4 aliphatic rings. The van der Waals surface area contributed by atoms with Crippen molar-refractivity contribution in [3.63, 3.8) is 0 Å². The Morgan fingerprint density at radius 2 is 2.22 bits per heavy atom. The molecule has 0 aromatic heterocycles. The molecule has 96 valence electrons. The van der Waals surface area contributed by atoms with Gasteiger partial charge in [-0.15, -0.1) is 0 Å². The summed E-state index contributed by atoms with van der Waals surface area (Å²) >= 11 is 0. The molecule has 0 saturated carbocycles. The minimum atomic E-state index is -0.535. The third kappa shape index (κ3) is 0.993. The molecule has 2 bridgehead atoms. The molecule has 1 spiro atoms. The average Bonchev–Trinajstić information content (AvgIpc) is 2.85. The second-order valence-corrected chi connectivity index (χ2v) is 6.48. The summed E-state index contributed by atoms with van der Waals surface area (Å²) in [5.41, 5.74) is 1.29. The summed E-state index contributed by atoms with van der Waals surface area (Å²) in [5, 5.41) is 0. The Bertz CT molecular complexity index is 506. The summed E-state index contributed by atoms with van der Waals surface area (Å²) < 4.78 is 11.8. The summed E-state index contributed by atoms with van der Waals surface area (Å²) in [7, 11) is 0. The topological polar surface area (TPSA) is 35.5 Å². The first-order valence-corrected chi connectivity index (χ1v) is 6.73. The highest BCUT2D eigenvalue weighted by Gasteiger charge is 2.69. The van der Waals surface area contributed by atoms with E-state index in [4.69, 9.17) is 9.47 Å². The van der Waals surface area contributed by atoms with E-state index in [1.54, 1.807) is 0 Å². The van der Waals surface area contributed by atoms with Crippen LogP contribution in [0.15, 0.2) is 23.8 Å². The van der Waals surface area contributed by atoms with E-state index in [1.165, 1.54) is 5.57 Å². The van der Waals surface area contributed by atoms with Crippen LogP contribution < -0.4 is 0 Å². The quantitative estimate of drug-likeness (QED) is 0.374. The predicted molar refractivity (Wildman–Crippen MR) is 65.8 cm³/mol. The van der Waals surface area contributed by atoms with Crippen LogP contribution in [0.25, 0.3) is 0 Å². The fourth-order valence-corrected chi connectivity index (χ4v) is 4.60. The molecule has 3 aliphatic heterocycles. The lowest BCUT2D eigenvalue weighted by Crippen LogP contribution is -2.49. The van der Waals surface area contributed by atoms with Crippen molar-refractivity contribution in [3.05, 3.63) is 23.8 Å². The monoisotopic (exact) mass is 246 g/mol. The molecular weight excluding hydrogens is 228 g/mol. The number of ether oxygens (including phenoxy) is 2. The van der Waals surface area contributed by atoms with Gasteiger partial charge in [0.25, 0.3) is 0 Å². The second-order valence-electron chi connectivity index (χ2n) is 6.48. The van der Waals surface area contributed by atoms with Crippen molar-refractivity contribution in [2.75, 3.05) is 0 Å². The minimum Gasteiger partial charge on any atom is -0.455 e. The first-order valence-electron chi connectivity index (χ1n) is 6.73. The zero-order valence-corrected chi connectivity index (χ0v) is 10.9. The van der Waals surface area contributed by atoms with Gasteiger partial charge in [-0.05, 0) is 38.5 Å². The standard InChI is InChI=1S/C15H18O3/c1-8-4-5-11-10(8)6-15-9(2)13(16)17-12(15)7-14(11,3)18-15/h4,10-12H,2,5-7H2,1,3H3. The molecule has 3 heteroatoms. The van der Waals surface area contributed by atoms with E-state index < -0.39 is 5.60 Å². The Labute approximate surface area is 107 Å². The normalized spacial score (nSPS) is 53.0. The van der Waals surface area contributed by atoms with Crippen LogP contribution in [0.5, 0.6) is 0 Å². The van der Waals surface area contributed by atoms with Gasteiger partial charge in [-0.25, -0.2) is 4.79 Å². The fraction of sp³-hybridized carbons (Fsp3) is 0.667. The molecule has 0 N–H and O–H groups in total. The van der Waals surface area contributed by atoms with E-state index in [0.29, 0.717) is 17.4 Å². The summed E-state index contributed by atoms with van der Waals surface area (Å²) in [6.45, 7) is 8.32. The number of rotatable bonds is 0. The van der Waals surface area contributed by atoms with Crippen molar-refractivity contribution in [1.82, 2.24) is 0 Å². The third-order valence-electron chi connectivity index (χ3n) is 5.60. The zero-order valence-electron chi connectivity index (χ0n) is 10.9. The van der Waals surface area contributed by atoms with Crippen LogP contribution in [0.3, 0.4) is 0 Å². The summed E-state index contributed by atoms with van der Waals surface area (Å²) in [5.74, 6) is 0.806. The molecule has 5 atom stereocenters. The van der Waals surface area contributed by atoms with Crippen molar-refractivity contribution in [2.24, 2.45) is 11.8 Å². The van der Waals surface area contributed by atoms with Crippen molar-refractivity contribution in [3.8, 4) is 0 Å². The minimum absolute atomic E-state index is 0.110. The molecule has 1 aliphatic carbocycles. The Balaban J connectivity index is 1.83. The van der Waals surface area contributed by atoms with Gasteiger partial charge in [-0.1, -0.05) is 18.2 Å². The predicted octanol–water partition coefficient (Wildman–Crippen LogP) is 2.37. The van der Waals surface area contributed by atoms with E-state index in [0.717, 1.165) is 19.3 Å². The molecule has 0 radical (unpaired) electrons. The van der Waals surface area contributed by atoms with E-state index in [2.05, 4.69) is 26.5 Å². The Morgan fingerprint density at radius 3 is 3.00 bits per heavy atom. The highest BCUT2D eigenvalue weighted by molar-refractivity contribution is 5.93. The van der Waals surface area contributed by atoms with Crippen LogP contribution in [-0.2, 0) is 14.3 Å². The maximum Gasteiger partial charge on any atom is 0.336 e. The smallest absolute Gasteiger partial charge is 0.336 e. The highest BCUT2D eigenvalue weighted by atomic mass is 16.6. The third-order valence-corrected chi connectivity index (χ3v) is 5.60. The van der Waals surface area contributed by atoms with E-state index in [9.17, 15) is 4.79 Å². The van der Waals surface area contributed by atoms with Crippen LogP contribution >= 0.6 is 0 Å². The second kappa shape index (κ2) is 2.90. The Hall–Kier alpha value is -1.09.